The van der Waals surface area contributed by atoms with Crippen molar-refractivity contribution < 1.29 is 22.8 Å². The summed E-state index contributed by atoms with van der Waals surface area (Å²) < 4.78 is 24.2. The summed E-state index contributed by atoms with van der Waals surface area (Å²) in [6, 6.07) is 10.1. The average molecular weight is 472 g/mol. The summed E-state index contributed by atoms with van der Waals surface area (Å²) in [5.41, 5.74) is 1.11. The molecule has 2 unspecified atom stereocenters. The van der Waals surface area contributed by atoms with Crippen LogP contribution in [-0.2, 0) is 14.6 Å². The van der Waals surface area contributed by atoms with Gasteiger partial charge in [-0.1, -0.05) is 43.7 Å². The van der Waals surface area contributed by atoms with Gasteiger partial charge >= 0.3 is 0 Å². The van der Waals surface area contributed by atoms with Crippen molar-refractivity contribution in [1.29, 1.82) is 0 Å². The predicted octanol–water partition coefficient (Wildman–Crippen LogP) is 3.35. The number of hydrogen-bond acceptors (Lipinski definition) is 7. The molecule has 32 heavy (non-hydrogen) atoms. The van der Waals surface area contributed by atoms with E-state index in [2.05, 4.69) is 10.3 Å². The van der Waals surface area contributed by atoms with E-state index in [1.165, 1.54) is 12.1 Å². The largest absolute Gasteiger partial charge is 0.300 e. The number of benzene rings is 2. The quantitative estimate of drug-likeness (QED) is 0.552. The number of nitrogens with one attached hydrogen (secondary N) is 1. The molecule has 1 aliphatic heterocycles. The van der Waals surface area contributed by atoms with Gasteiger partial charge in [0.1, 0.15) is 6.04 Å². The van der Waals surface area contributed by atoms with Crippen LogP contribution in [0.1, 0.15) is 41.0 Å². The summed E-state index contributed by atoms with van der Waals surface area (Å²) >= 11 is 1.13. The second kappa shape index (κ2) is 8.10. The predicted molar refractivity (Wildman–Crippen MR) is 122 cm³/mol. The number of aromatic nitrogens is 1. The van der Waals surface area contributed by atoms with Crippen LogP contribution in [-0.4, -0.2) is 48.3 Å². The second-order valence-corrected chi connectivity index (χ2v) is 10.8. The van der Waals surface area contributed by atoms with Crippen molar-refractivity contribution in [2.24, 2.45) is 5.92 Å². The minimum Gasteiger partial charge on any atom is -0.300 e. The number of rotatable bonds is 6. The van der Waals surface area contributed by atoms with E-state index in [0.717, 1.165) is 22.5 Å². The Balaban J connectivity index is 1.65. The Kier molecular flexibility index (Phi) is 5.59. The molecule has 2 heterocycles. The van der Waals surface area contributed by atoms with Gasteiger partial charge in [-0.3, -0.25) is 19.3 Å². The van der Waals surface area contributed by atoms with E-state index < -0.39 is 33.6 Å². The highest BCUT2D eigenvalue weighted by molar-refractivity contribution is 7.90. The number of amides is 3. The van der Waals surface area contributed by atoms with Gasteiger partial charge in [0.25, 0.3) is 11.8 Å². The molecule has 2 aromatic carbocycles. The van der Waals surface area contributed by atoms with Crippen LogP contribution < -0.4 is 5.32 Å². The van der Waals surface area contributed by atoms with Crippen LogP contribution in [0, 0.1) is 5.92 Å². The normalized spacial score (nSPS) is 15.7. The van der Waals surface area contributed by atoms with Crippen LogP contribution in [0.3, 0.4) is 0 Å². The third-order valence-corrected chi connectivity index (χ3v) is 7.62. The number of nitrogens with zero attached hydrogens (tertiary/aromatic N) is 2. The van der Waals surface area contributed by atoms with Crippen LogP contribution in [0.25, 0.3) is 10.2 Å². The molecule has 1 N–H and O–H groups in total. The Morgan fingerprint density at radius 1 is 1.12 bits per heavy atom. The molecular weight excluding hydrogens is 450 g/mol. The summed E-state index contributed by atoms with van der Waals surface area (Å²) in [5.74, 6) is -1.79. The molecule has 0 fully saturated rings. The third-order valence-electron chi connectivity index (χ3n) is 5.57. The zero-order valence-electron chi connectivity index (χ0n) is 17.7. The Hall–Kier alpha value is -3.11. The topological polar surface area (TPSA) is 114 Å². The summed E-state index contributed by atoms with van der Waals surface area (Å²) in [6.45, 7) is 3.69. The first-order valence-corrected chi connectivity index (χ1v) is 12.7. The zero-order valence-corrected chi connectivity index (χ0v) is 19.3. The first-order chi connectivity index (χ1) is 15.1. The number of carbonyl (C=O) groups excluding carboxylic acids is 3. The van der Waals surface area contributed by atoms with Crippen molar-refractivity contribution >= 4 is 54.2 Å². The van der Waals surface area contributed by atoms with E-state index in [-0.39, 0.29) is 27.1 Å². The Morgan fingerprint density at radius 2 is 1.75 bits per heavy atom. The summed E-state index contributed by atoms with van der Waals surface area (Å²) in [7, 11) is -3.38. The fourth-order valence-electron chi connectivity index (χ4n) is 3.68. The van der Waals surface area contributed by atoms with Gasteiger partial charge in [0.05, 0.1) is 26.2 Å². The van der Waals surface area contributed by atoms with E-state index in [0.29, 0.717) is 16.6 Å². The maximum absolute atomic E-state index is 13.3. The van der Waals surface area contributed by atoms with Crippen LogP contribution >= 0.6 is 11.3 Å². The lowest BCUT2D eigenvalue weighted by Gasteiger charge is -2.29. The summed E-state index contributed by atoms with van der Waals surface area (Å²) in [5, 5.41) is 2.99. The lowest BCUT2D eigenvalue weighted by Crippen LogP contribution is -2.50. The lowest BCUT2D eigenvalue weighted by molar-refractivity contribution is -0.121. The van der Waals surface area contributed by atoms with Crippen molar-refractivity contribution in [3.63, 3.8) is 0 Å². The highest BCUT2D eigenvalue weighted by Gasteiger charge is 2.44. The molecule has 10 heteroatoms. The van der Waals surface area contributed by atoms with Gasteiger partial charge in [-0.2, -0.15) is 0 Å². The molecule has 3 aromatic rings. The molecule has 4 rings (SSSR count). The van der Waals surface area contributed by atoms with Gasteiger partial charge < -0.3 is 5.32 Å². The average Bonchev–Trinajstić information content (AvgIpc) is 3.26. The monoisotopic (exact) mass is 471 g/mol. The van der Waals surface area contributed by atoms with Crippen LogP contribution in [0.15, 0.2) is 47.4 Å². The first kappa shape index (κ1) is 22.1. The van der Waals surface area contributed by atoms with E-state index in [9.17, 15) is 22.8 Å². The minimum atomic E-state index is -3.38. The number of fused-ring (bicyclic) bond motifs is 2. The molecular formula is C22H21N3O5S2. The van der Waals surface area contributed by atoms with Crippen molar-refractivity contribution in [2.45, 2.75) is 31.2 Å². The van der Waals surface area contributed by atoms with Crippen LogP contribution in [0.5, 0.6) is 0 Å². The fourth-order valence-corrected chi connectivity index (χ4v) is 5.31. The number of hydrogen-bond donors (Lipinski definition) is 1. The van der Waals surface area contributed by atoms with Gasteiger partial charge in [-0.25, -0.2) is 13.4 Å². The van der Waals surface area contributed by atoms with Gasteiger partial charge in [-0.15, -0.1) is 0 Å². The summed E-state index contributed by atoms with van der Waals surface area (Å²) in [6.07, 6.45) is 1.69. The molecule has 2 atom stereocenters. The number of carbonyl (C=O) groups is 3. The fraction of sp³-hybridized carbons (Fsp3) is 0.273. The van der Waals surface area contributed by atoms with Crippen LogP contribution in [0.2, 0.25) is 0 Å². The number of sulfone groups is 1. The maximum atomic E-state index is 13.3. The molecule has 1 aromatic heterocycles. The molecule has 0 aliphatic carbocycles. The molecule has 0 saturated heterocycles. The van der Waals surface area contributed by atoms with E-state index >= 15 is 0 Å². The van der Waals surface area contributed by atoms with Crippen molar-refractivity contribution in [2.75, 3.05) is 11.6 Å². The highest BCUT2D eigenvalue weighted by atomic mass is 32.2. The molecule has 0 spiro atoms. The minimum absolute atomic E-state index is 0.162. The van der Waals surface area contributed by atoms with Gasteiger partial charge in [0, 0.05) is 6.26 Å². The molecule has 8 nitrogen and oxygen atoms in total. The summed E-state index contributed by atoms with van der Waals surface area (Å²) in [4.78, 5) is 44.7. The molecule has 0 radical (unpaired) electrons. The smallest absolute Gasteiger partial charge is 0.262 e. The molecule has 0 saturated carbocycles. The van der Waals surface area contributed by atoms with Gasteiger partial charge in [-0.05, 0) is 36.2 Å². The first-order valence-electron chi connectivity index (χ1n) is 10.00. The Bertz CT molecular complexity index is 1330. The SMILES string of the molecule is CCC(C)C(C(=O)Nc1nc2ccc(S(C)(=O)=O)cc2s1)N1C(=O)c2ccccc2C1=O. The molecule has 3 amide bonds. The highest BCUT2D eigenvalue weighted by Crippen LogP contribution is 2.31. The lowest BCUT2D eigenvalue weighted by atomic mass is 9.96. The Morgan fingerprint density at radius 3 is 2.31 bits per heavy atom. The number of thiazole rings is 1. The van der Waals surface area contributed by atoms with E-state index in [4.69, 9.17) is 0 Å². The molecule has 1 aliphatic rings. The zero-order chi connectivity index (χ0) is 23.2. The van der Waals surface area contributed by atoms with E-state index in [1.807, 2.05) is 13.8 Å². The van der Waals surface area contributed by atoms with Crippen LogP contribution in [0.4, 0.5) is 5.13 Å². The maximum Gasteiger partial charge on any atom is 0.262 e. The molecule has 166 valence electrons. The number of anilines is 1. The van der Waals surface area contributed by atoms with E-state index in [1.54, 1.807) is 30.3 Å². The molecule has 0 bridgehead atoms. The number of imide groups is 1. The van der Waals surface area contributed by atoms with Crippen molar-refractivity contribution in [3.05, 3.63) is 53.6 Å². The standard InChI is InChI=1S/C22H21N3O5S2/c1-4-12(2)18(25-20(27)14-7-5-6-8-15(14)21(25)28)19(26)24-22-23-16-10-9-13(32(3,29)30)11-17(16)31-22/h5-12,18H,4H2,1-3H3,(H,23,24,26). The van der Waals surface area contributed by atoms with Gasteiger partial charge in [0.2, 0.25) is 5.91 Å². The Labute approximate surface area is 189 Å². The van der Waals surface area contributed by atoms with Gasteiger partial charge in [0.15, 0.2) is 15.0 Å². The second-order valence-electron chi connectivity index (χ2n) is 7.77. The van der Waals surface area contributed by atoms with Crippen molar-refractivity contribution in [3.8, 4) is 0 Å². The third kappa shape index (κ3) is 3.80. The van der Waals surface area contributed by atoms with Crippen molar-refractivity contribution in [1.82, 2.24) is 9.88 Å².